The molecule has 0 radical (unpaired) electrons. The fourth-order valence-corrected chi connectivity index (χ4v) is 0.637. The van der Waals surface area contributed by atoms with Crippen molar-refractivity contribution in [2.24, 2.45) is 10.6 Å². The van der Waals surface area contributed by atoms with Crippen molar-refractivity contribution in [2.45, 2.75) is 20.8 Å². The summed E-state index contributed by atoms with van der Waals surface area (Å²) in [7, 11) is 0. The average molecular weight is 137 g/mol. The first-order valence-electron chi connectivity index (χ1n) is 3.26. The van der Waals surface area contributed by atoms with E-state index >= 15 is 0 Å². The molecule has 10 heavy (non-hydrogen) atoms. The highest BCUT2D eigenvalue weighted by molar-refractivity contribution is 5.58. The largest absolute Gasteiger partial charge is 0.356 e. The zero-order chi connectivity index (χ0) is 7.61. The molecule has 1 rings (SSSR count). The number of nitrogens with zero attached hydrogens (tertiary/aromatic N) is 1. The van der Waals surface area contributed by atoms with Gasteiger partial charge in [0.25, 0.3) is 0 Å². The number of hydrogen-bond acceptors (Lipinski definition) is 2. The molecule has 0 saturated carbocycles. The van der Waals surface area contributed by atoms with E-state index in [1.807, 2.05) is 6.08 Å². The van der Waals surface area contributed by atoms with Gasteiger partial charge >= 0.3 is 0 Å². The van der Waals surface area contributed by atoms with Gasteiger partial charge in [-0.05, 0) is 10.6 Å². The molecule has 54 valence electrons. The van der Waals surface area contributed by atoms with E-state index in [4.69, 9.17) is 4.84 Å². The fourth-order valence-electron chi connectivity index (χ4n) is 0.637. The zero-order valence-corrected chi connectivity index (χ0v) is 6.51. The van der Waals surface area contributed by atoms with Crippen molar-refractivity contribution in [2.75, 3.05) is 0 Å². The van der Waals surface area contributed by atoms with E-state index in [1.54, 1.807) is 6.26 Å². The highest BCUT2D eigenvalue weighted by Crippen LogP contribution is 2.26. The van der Waals surface area contributed by atoms with Gasteiger partial charge in [0.2, 0.25) is 0 Å². The van der Waals surface area contributed by atoms with E-state index in [-0.39, 0.29) is 5.41 Å². The molecule has 0 unspecified atom stereocenters. The van der Waals surface area contributed by atoms with Crippen molar-refractivity contribution >= 4 is 5.87 Å². The van der Waals surface area contributed by atoms with E-state index in [0.29, 0.717) is 0 Å². The molecule has 0 fully saturated rings. The summed E-state index contributed by atoms with van der Waals surface area (Å²) >= 11 is 0. The lowest BCUT2D eigenvalue weighted by Gasteiger charge is -2.18. The van der Waals surface area contributed by atoms with E-state index in [0.717, 1.165) is 5.57 Å². The predicted octanol–water partition coefficient (Wildman–Crippen LogP) is 2.09. The Morgan fingerprint density at radius 3 is 2.50 bits per heavy atom. The van der Waals surface area contributed by atoms with Crippen LogP contribution in [0.25, 0.3) is 0 Å². The summed E-state index contributed by atoms with van der Waals surface area (Å²) in [6.07, 6.45) is 3.49. The van der Waals surface area contributed by atoms with Crippen molar-refractivity contribution in [3.63, 3.8) is 0 Å². The summed E-state index contributed by atoms with van der Waals surface area (Å²) in [5.41, 5.74) is 1.24. The second kappa shape index (κ2) is 2.31. The number of hydrogen-bond donors (Lipinski definition) is 0. The Hall–Kier alpha value is -1.01. The Balaban J connectivity index is 2.85. The van der Waals surface area contributed by atoms with Crippen LogP contribution in [0.15, 0.2) is 23.1 Å². The van der Waals surface area contributed by atoms with Crippen LogP contribution >= 0.6 is 0 Å². The molecule has 2 nitrogen and oxygen atoms in total. The molecule has 0 aromatic heterocycles. The number of allylic oxidation sites excluding steroid dienone is 2. The van der Waals surface area contributed by atoms with E-state index in [1.165, 1.54) is 0 Å². The quantitative estimate of drug-likeness (QED) is 0.501. The average Bonchev–Trinajstić information content (AvgIpc) is 1.88. The highest BCUT2D eigenvalue weighted by Gasteiger charge is 2.15. The van der Waals surface area contributed by atoms with Gasteiger partial charge in [-0.2, -0.15) is 0 Å². The van der Waals surface area contributed by atoms with Crippen LogP contribution in [-0.4, -0.2) is 5.87 Å². The summed E-state index contributed by atoms with van der Waals surface area (Å²) in [6.45, 7) is 6.35. The van der Waals surface area contributed by atoms with Crippen LogP contribution in [0.2, 0.25) is 0 Å². The second-order valence-corrected chi connectivity index (χ2v) is 3.29. The minimum absolute atomic E-state index is 0.128. The van der Waals surface area contributed by atoms with Gasteiger partial charge < -0.3 is 4.84 Å². The first-order valence-corrected chi connectivity index (χ1v) is 3.26. The molecular formula is C8H11NO. The molecule has 0 saturated heterocycles. The Bertz CT molecular complexity index is 214. The molecule has 1 aliphatic heterocycles. The Kier molecular flexibility index (Phi) is 1.64. The van der Waals surface area contributed by atoms with Gasteiger partial charge in [-0.1, -0.05) is 20.8 Å². The Morgan fingerprint density at radius 1 is 1.50 bits per heavy atom. The minimum atomic E-state index is 0.128. The second-order valence-electron chi connectivity index (χ2n) is 3.29. The van der Waals surface area contributed by atoms with Crippen molar-refractivity contribution in [1.29, 1.82) is 0 Å². The van der Waals surface area contributed by atoms with Crippen LogP contribution in [-0.2, 0) is 4.84 Å². The third kappa shape index (κ3) is 1.49. The standard InChI is InChI=1S/C8H11NO/c1-8(2,3)7-4-5-9-10-6-7/h4,6H,1-3H3. The monoisotopic (exact) mass is 137 g/mol. The van der Waals surface area contributed by atoms with Crippen molar-refractivity contribution in [3.8, 4) is 0 Å². The molecule has 0 bridgehead atoms. The topological polar surface area (TPSA) is 21.6 Å². The third-order valence-corrected chi connectivity index (χ3v) is 1.37. The number of rotatable bonds is 0. The molecule has 0 aromatic carbocycles. The van der Waals surface area contributed by atoms with E-state index < -0.39 is 0 Å². The summed E-state index contributed by atoms with van der Waals surface area (Å²) in [5, 5.41) is 3.46. The van der Waals surface area contributed by atoms with Crippen LogP contribution in [0, 0.1) is 5.41 Å². The highest BCUT2D eigenvalue weighted by atomic mass is 16.6. The molecule has 2 heteroatoms. The molecular weight excluding hydrogens is 126 g/mol. The maximum absolute atomic E-state index is 4.73. The lowest BCUT2D eigenvalue weighted by molar-refractivity contribution is 0.259. The molecule has 0 atom stereocenters. The zero-order valence-electron chi connectivity index (χ0n) is 6.51. The molecule has 1 heterocycles. The van der Waals surface area contributed by atoms with Gasteiger partial charge in [0, 0.05) is 17.5 Å². The van der Waals surface area contributed by atoms with Crippen molar-refractivity contribution in [1.82, 2.24) is 0 Å². The first kappa shape index (κ1) is 7.10. The maximum Gasteiger partial charge on any atom is 0.127 e. The normalized spacial score (nSPS) is 16.5. The smallest absolute Gasteiger partial charge is 0.127 e. The summed E-state index contributed by atoms with van der Waals surface area (Å²) in [4.78, 5) is 4.73. The fraction of sp³-hybridized carbons (Fsp3) is 0.500. The Labute approximate surface area is 60.9 Å². The lowest BCUT2D eigenvalue weighted by Crippen LogP contribution is -2.08. The minimum Gasteiger partial charge on any atom is -0.356 e. The molecule has 0 aromatic rings. The maximum atomic E-state index is 4.73. The molecule has 0 amide bonds. The van der Waals surface area contributed by atoms with E-state index in [2.05, 4.69) is 31.8 Å². The lowest BCUT2D eigenvalue weighted by atomic mass is 9.87. The van der Waals surface area contributed by atoms with Crippen LogP contribution in [0.3, 0.4) is 0 Å². The van der Waals surface area contributed by atoms with Crippen LogP contribution < -0.4 is 0 Å². The molecule has 0 aliphatic carbocycles. The molecule has 0 spiro atoms. The van der Waals surface area contributed by atoms with Crippen molar-refractivity contribution < 1.29 is 4.84 Å². The van der Waals surface area contributed by atoms with Gasteiger partial charge in [-0.15, -0.1) is 0 Å². The van der Waals surface area contributed by atoms with Gasteiger partial charge in [-0.25, -0.2) is 0 Å². The summed E-state index contributed by atoms with van der Waals surface area (Å²) in [6, 6.07) is 0. The van der Waals surface area contributed by atoms with Gasteiger partial charge in [0.15, 0.2) is 0 Å². The van der Waals surface area contributed by atoms with Crippen LogP contribution in [0.4, 0.5) is 0 Å². The summed E-state index contributed by atoms with van der Waals surface area (Å²) in [5.74, 6) is 2.65. The van der Waals surface area contributed by atoms with Gasteiger partial charge in [0.05, 0.1) is 0 Å². The van der Waals surface area contributed by atoms with E-state index in [9.17, 15) is 0 Å². The molecule has 0 N–H and O–H groups in total. The van der Waals surface area contributed by atoms with Crippen LogP contribution in [0.1, 0.15) is 20.8 Å². The third-order valence-electron chi connectivity index (χ3n) is 1.37. The van der Waals surface area contributed by atoms with Crippen LogP contribution in [0.5, 0.6) is 0 Å². The van der Waals surface area contributed by atoms with Gasteiger partial charge in [-0.3, -0.25) is 0 Å². The molecule has 1 aliphatic rings. The van der Waals surface area contributed by atoms with Gasteiger partial charge in [0.1, 0.15) is 6.26 Å². The first-order chi connectivity index (χ1) is 4.61. The van der Waals surface area contributed by atoms with Crippen molar-refractivity contribution in [3.05, 3.63) is 17.9 Å². The Morgan fingerprint density at radius 2 is 2.20 bits per heavy atom. The SMILES string of the molecule is CC(C)(C)C1=CON=C=C1. The predicted molar refractivity (Wildman–Crippen MR) is 40.6 cm³/mol. The summed E-state index contributed by atoms with van der Waals surface area (Å²) < 4.78 is 0.